The monoisotopic (exact) mass is 588 g/mol. The number of nitrogens with zero attached hydrogens (tertiary/aromatic N) is 2. The number of hydrogen-bond donors (Lipinski definition) is 1. The van der Waals surface area contributed by atoms with E-state index in [1.54, 1.807) is 21.6 Å². The predicted molar refractivity (Wildman–Crippen MR) is 166 cm³/mol. The fourth-order valence-corrected chi connectivity index (χ4v) is 9.62. The molecule has 42 heavy (non-hydrogen) atoms. The minimum atomic E-state index is -0.989. The van der Waals surface area contributed by atoms with E-state index >= 15 is 0 Å². The molecule has 2 saturated heterocycles. The first-order valence-electron chi connectivity index (χ1n) is 15.2. The highest BCUT2D eigenvalue weighted by Gasteiger charge is 2.74. The Bertz CT molecular complexity index is 1460. The smallest absolute Gasteiger partial charge is 0.311 e. The van der Waals surface area contributed by atoms with Crippen LogP contribution in [0.5, 0.6) is 0 Å². The van der Waals surface area contributed by atoms with Gasteiger partial charge in [-0.1, -0.05) is 74.9 Å². The number of ether oxygens (including phenoxy) is 1. The van der Waals surface area contributed by atoms with Crippen LogP contribution < -0.4 is 4.90 Å². The predicted octanol–water partition coefficient (Wildman–Crippen LogP) is 5.12. The number of rotatable bonds is 5. The molecule has 0 bridgehead atoms. The summed E-state index contributed by atoms with van der Waals surface area (Å²) >= 11 is 1.55. The summed E-state index contributed by atoms with van der Waals surface area (Å²) in [6.45, 7) is 6.44. The fourth-order valence-electron chi connectivity index (χ4n) is 7.48. The summed E-state index contributed by atoms with van der Waals surface area (Å²) in [7, 11) is 0. The number of allylic oxidation sites excluding steroid dienone is 1. The Morgan fingerprint density at radius 2 is 1.81 bits per heavy atom. The molecule has 1 N–H and O–H groups in total. The van der Waals surface area contributed by atoms with Crippen molar-refractivity contribution in [3.63, 3.8) is 0 Å². The van der Waals surface area contributed by atoms with E-state index in [1.165, 1.54) is 0 Å². The average molecular weight is 589 g/mol. The maximum atomic E-state index is 14.9. The Hall–Kier alpha value is -3.10. The van der Waals surface area contributed by atoms with Crippen molar-refractivity contribution < 1.29 is 24.2 Å². The van der Waals surface area contributed by atoms with Crippen LogP contribution in [0.4, 0.5) is 5.69 Å². The molecule has 4 aliphatic heterocycles. The van der Waals surface area contributed by atoms with Crippen LogP contribution in [0.2, 0.25) is 0 Å². The molecular weight excluding hydrogens is 548 g/mol. The van der Waals surface area contributed by atoms with Crippen LogP contribution in [-0.2, 0) is 19.1 Å². The third kappa shape index (κ3) is 4.49. The lowest BCUT2D eigenvalue weighted by Gasteiger charge is -2.41. The Morgan fingerprint density at radius 3 is 2.57 bits per heavy atom. The number of hydrogen-bond acceptors (Lipinski definition) is 6. The largest absolute Gasteiger partial charge is 0.465 e. The normalized spacial score (nSPS) is 33.4. The molecule has 0 saturated carbocycles. The quantitative estimate of drug-likeness (QED) is 0.386. The summed E-state index contributed by atoms with van der Waals surface area (Å²) < 4.78 is 4.07. The van der Waals surface area contributed by atoms with Gasteiger partial charge in [-0.2, -0.15) is 0 Å². The summed E-state index contributed by atoms with van der Waals surface area (Å²) in [5.74, 6) is -2.41. The number of amides is 2. The number of aliphatic hydroxyl groups is 1. The summed E-state index contributed by atoms with van der Waals surface area (Å²) in [6, 6.07) is 12.6. The van der Waals surface area contributed by atoms with Crippen LogP contribution in [0.25, 0.3) is 10.8 Å². The lowest BCUT2D eigenvalue weighted by Crippen LogP contribution is -2.58. The van der Waals surface area contributed by atoms with Crippen molar-refractivity contribution in [2.24, 2.45) is 17.8 Å². The van der Waals surface area contributed by atoms with E-state index in [0.717, 1.165) is 42.1 Å². The summed E-state index contributed by atoms with van der Waals surface area (Å²) in [5, 5.41) is 12.8. The molecule has 2 fully saturated rings. The number of anilines is 1. The zero-order chi connectivity index (χ0) is 29.6. The molecule has 2 aromatic carbocycles. The molecule has 4 heterocycles. The molecule has 4 aliphatic rings. The molecule has 8 heteroatoms. The van der Waals surface area contributed by atoms with E-state index in [9.17, 15) is 19.5 Å². The number of cyclic esters (lactones) is 1. The standard InChI is InChI=1S/C34H40N2O5S/c1-4-22(2)26(21-37)36-29-31(39)35(25-15-14-23-12-7-8-13-24(23)20-25)18-11-17-34(29)27(30(36)38)28-32(40)41-19-10-6-5-9-16-33(28,3)42-34/h7-9,11-17,20,22,26-29,37H,4-6,10,18-19,21H2,1-3H3/b16-9-/t22-,26-,27-,28-,29?,33+,34-/m0/s1. The van der Waals surface area contributed by atoms with Gasteiger partial charge in [0.2, 0.25) is 5.91 Å². The molecule has 7 atom stereocenters. The maximum Gasteiger partial charge on any atom is 0.311 e. The van der Waals surface area contributed by atoms with Gasteiger partial charge in [0.05, 0.1) is 35.8 Å². The molecule has 1 unspecified atom stereocenters. The third-order valence-corrected chi connectivity index (χ3v) is 11.6. The van der Waals surface area contributed by atoms with E-state index in [4.69, 9.17) is 4.74 Å². The number of likely N-dealkylation sites (tertiary alicyclic amines) is 1. The second-order valence-corrected chi connectivity index (χ2v) is 14.1. The van der Waals surface area contributed by atoms with Crippen LogP contribution in [0, 0.1) is 17.8 Å². The lowest BCUT2D eigenvalue weighted by atomic mass is 9.74. The van der Waals surface area contributed by atoms with Gasteiger partial charge >= 0.3 is 5.97 Å². The Balaban J connectivity index is 1.51. The van der Waals surface area contributed by atoms with Crippen LogP contribution in [0.15, 0.2) is 66.8 Å². The molecule has 7 nitrogen and oxygen atoms in total. The van der Waals surface area contributed by atoms with Crippen molar-refractivity contribution in [1.29, 1.82) is 0 Å². The van der Waals surface area contributed by atoms with E-state index < -0.39 is 33.4 Å². The van der Waals surface area contributed by atoms with Crippen LogP contribution >= 0.6 is 11.8 Å². The van der Waals surface area contributed by atoms with Gasteiger partial charge in [-0.3, -0.25) is 14.4 Å². The number of thioether (sulfide) groups is 1. The Labute approximate surface area is 252 Å². The zero-order valence-corrected chi connectivity index (χ0v) is 25.4. The molecule has 0 aromatic heterocycles. The van der Waals surface area contributed by atoms with Crippen LogP contribution in [-0.4, -0.2) is 69.1 Å². The lowest BCUT2D eigenvalue weighted by molar-refractivity contribution is -0.155. The number of carbonyl (C=O) groups is 3. The number of aliphatic hydroxyl groups excluding tert-OH is 1. The van der Waals surface area contributed by atoms with Gasteiger partial charge in [-0.05, 0) is 55.0 Å². The van der Waals surface area contributed by atoms with Gasteiger partial charge in [-0.15, -0.1) is 11.8 Å². The average Bonchev–Trinajstić information content (AvgIpc) is 3.32. The van der Waals surface area contributed by atoms with Gasteiger partial charge in [0.1, 0.15) is 6.04 Å². The third-order valence-electron chi connectivity index (χ3n) is 9.83. The van der Waals surface area contributed by atoms with E-state index in [0.29, 0.717) is 13.2 Å². The maximum absolute atomic E-state index is 14.9. The van der Waals surface area contributed by atoms with Crippen molar-refractivity contribution in [1.82, 2.24) is 4.90 Å². The SMILES string of the molecule is CC[C@H](C)[C@H](CO)N1C(=O)[C@@H]2[C@H]3C(=O)OCCCC/C=C\[C@@]3(C)S[C@@]23C=CCN(c2ccc4ccccc4c2)C(=O)C13. The second kappa shape index (κ2) is 11.2. The van der Waals surface area contributed by atoms with E-state index in [1.807, 2.05) is 75.4 Å². The molecule has 2 aromatic rings. The highest BCUT2D eigenvalue weighted by molar-refractivity contribution is 8.02. The summed E-state index contributed by atoms with van der Waals surface area (Å²) in [6.07, 6.45) is 11.5. The molecule has 2 amide bonds. The van der Waals surface area contributed by atoms with E-state index in [-0.39, 0.29) is 30.3 Å². The molecule has 1 spiro atoms. The van der Waals surface area contributed by atoms with Gasteiger partial charge in [0.15, 0.2) is 0 Å². The minimum absolute atomic E-state index is 0.0451. The van der Waals surface area contributed by atoms with Crippen molar-refractivity contribution in [2.45, 2.75) is 68.0 Å². The van der Waals surface area contributed by atoms with Gasteiger partial charge in [0.25, 0.3) is 5.91 Å². The first-order chi connectivity index (χ1) is 20.3. The van der Waals surface area contributed by atoms with Crippen LogP contribution in [0.3, 0.4) is 0 Å². The molecule has 6 rings (SSSR count). The second-order valence-electron chi connectivity index (χ2n) is 12.3. The number of carbonyl (C=O) groups excluding carboxylic acids is 3. The first-order valence-corrected chi connectivity index (χ1v) is 16.0. The fraction of sp³-hybridized carbons (Fsp3) is 0.500. The highest BCUT2D eigenvalue weighted by atomic mass is 32.2. The highest BCUT2D eigenvalue weighted by Crippen LogP contribution is 2.65. The topological polar surface area (TPSA) is 87.2 Å². The van der Waals surface area contributed by atoms with Crippen molar-refractivity contribution in [2.75, 3.05) is 24.7 Å². The van der Waals surface area contributed by atoms with Gasteiger partial charge < -0.3 is 19.6 Å². The van der Waals surface area contributed by atoms with Crippen molar-refractivity contribution >= 4 is 46.0 Å². The first kappa shape index (κ1) is 29.0. The number of benzene rings is 2. The van der Waals surface area contributed by atoms with E-state index in [2.05, 4.69) is 12.2 Å². The van der Waals surface area contributed by atoms with Crippen molar-refractivity contribution in [3.05, 3.63) is 66.8 Å². The Morgan fingerprint density at radius 1 is 1.02 bits per heavy atom. The van der Waals surface area contributed by atoms with Crippen molar-refractivity contribution in [3.8, 4) is 0 Å². The van der Waals surface area contributed by atoms with Gasteiger partial charge in [-0.25, -0.2) is 0 Å². The minimum Gasteiger partial charge on any atom is -0.465 e. The summed E-state index contributed by atoms with van der Waals surface area (Å²) in [4.78, 5) is 46.8. The number of fused-ring (bicyclic) bond motifs is 3. The molecule has 222 valence electrons. The zero-order valence-electron chi connectivity index (χ0n) is 24.6. The molecular formula is C34H40N2O5S. The van der Waals surface area contributed by atoms with Crippen LogP contribution in [0.1, 0.15) is 46.5 Å². The van der Waals surface area contributed by atoms with Gasteiger partial charge in [0, 0.05) is 17.0 Å². The molecule has 0 aliphatic carbocycles. The number of esters is 1. The molecule has 0 radical (unpaired) electrons. The summed E-state index contributed by atoms with van der Waals surface area (Å²) in [5.41, 5.74) is 0.757. The Kier molecular flexibility index (Phi) is 7.73.